The maximum atomic E-state index is 14.1. The van der Waals surface area contributed by atoms with Crippen molar-refractivity contribution in [3.63, 3.8) is 0 Å². The highest BCUT2D eigenvalue weighted by Crippen LogP contribution is 2.48. The standard InChI is InChI=1S/C33H46FN6O7P/c1-4-6-7-8-9-10-11-12-13-17-20-44-31(42)24(3)39-48(43,47-25-18-15-14-16-19-25)45-22-33(5-2)26(41)21-27(46-33)40-23-36-28-29(35)37-32(34)38-30(28)40/h2,14-16,18-19,23-24,26-27,41H,4,6-13,17,20-22H2,1,3H3,(H,39,43)(H2,35,37,38)/t24-,26-,27+,33+,48?/m0/s1. The fourth-order valence-electron chi connectivity index (χ4n) is 5.41. The highest BCUT2D eigenvalue weighted by Gasteiger charge is 2.50. The van der Waals surface area contributed by atoms with Gasteiger partial charge in [0.15, 0.2) is 22.6 Å². The Bertz CT molecular complexity index is 1570. The van der Waals surface area contributed by atoms with Gasteiger partial charge in [-0.1, -0.05) is 88.8 Å². The number of carbonyl (C=O) groups is 1. The van der Waals surface area contributed by atoms with Gasteiger partial charge in [0.05, 0.1) is 12.9 Å². The Morgan fingerprint density at radius 1 is 1.19 bits per heavy atom. The molecule has 1 aliphatic heterocycles. The Kier molecular flexibility index (Phi) is 13.7. The first-order chi connectivity index (χ1) is 23.1. The first-order valence-corrected chi connectivity index (χ1v) is 18.1. The van der Waals surface area contributed by atoms with Crippen LogP contribution in [0.3, 0.4) is 0 Å². The summed E-state index contributed by atoms with van der Waals surface area (Å²) < 4.78 is 52.4. The number of imidazole rings is 1. The zero-order valence-electron chi connectivity index (χ0n) is 27.6. The molecule has 0 spiro atoms. The molecule has 1 aliphatic rings. The zero-order valence-corrected chi connectivity index (χ0v) is 28.4. The van der Waals surface area contributed by atoms with Crippen LogP contribution in [0.15, 0.2) is 36.7 Å². The third-order valence-corrected chi connectivity index (χ3v) is 9.77. The number of rotatable bonds is 20. The molecular formula is C33H46FN6O7P. The van der Waals surface area contributed by atoms with Crippen molar-refractivity contribution in [1.29, 1.82) is 0 Å². The smallest absolute Gasteiger partial charge is 0.459 e. The fraction of sp³-hybridized carbons (Fsp3) is 0.576. The molecule has 0 radical (unpaired) electrons. The summed E-state index contributed by atoms with van der Waals surface area (Å²) in [4.78, 5) is 24.2. The molecule has 2 aromatic heterocycles. The number of nitrogens with zero attached hydrogens (tertiary/aromatic N) is 4. The molecule has 4 rings (SSSR count). The molecule has 13 nitrogen and oxygen atoms in total. The molecule has 3 heterocycles. The lowest BCUT2D eigenvalue weighted by Gasteiger charge is -2.29. The van der Waals surface area contributed by atoms with Crippen molar-refractivity contribution >= 4 is 30.7 Å². The second-order valence-electron chi connectivity index (χ2n) is 11.9. The van der Waals surface area contributed by atoms with Gasteiger partial charge in [0.25, 0.3) is 0 Å². The Morgan fingerprint density at radius 2 is 1.85 bits per heavy atom. The van der Waals surface area contributed by atoms with Crippen LogP contribution in [-0.2, 0) is 23.4 Å². The van der Waals surface area contributed by atoms with Crippen LogP contribution in [0.1, 0.15) is 90.7 Å². The Hall–Kier alpha value is -3.60. The van der Waals surface area contributed by atoms with Crippen LogP contribution in [0, 0.1) is 18.4 Å². The van der Waals surface area contributed by atoms with Gasteiger partial charge >= 0.3 is 19.8 Å². The van der Waals surface area contributed by atoms with Gasteiger partial charge in [-0.05, 0) is 25.5 Å². The van der Waals surface area contributed by atoms with Gasteiger partial charge in [-0.3, -0.25) is 13.9 Å². The second kappa shape index (κ2) is 17.7. The largest absolute Gasteiger partial charge is 0.465 e. The van der Waals surface area contributed by atoms with Gasteiger partial charge in [-0.15, -0.1) is 6.42 Å². The summed E-state index contributed by atoms with van der Waals surface area (Å²) in [6, 6.07) is 7.16. The highest BCUT2D eigenvalue weighted by atomic mass is 31.2. The number of unbranched alkanes of at least 4 members (excludes halogenated alkanes) is 9. The molecule has 0 amide bonds. The van der Waals surface area contributed by atoms with Crippen molar-refractivity contribution in [1.82, 2.24) is 24.6 Å². The van der Waals surface area contributed by atoms with E-state index in [-0.39, 0.29) is 35.8 Å². The van der Waals surface area contributed by atoms with E-state index >= 15 is 0 Å². The SMILES string of the molecule is C#C[C@]1(COP(=O)(N[C@@H](C)C(=O)OCCCCCCCCCCCC)Oc2ccccc2)O[C@@H](n2cnc3c(N)nc(F)nc32)C[C@@H]1O. The van der Waals surface area contributed by atoms with Crippen LogP contribution in [0.4, 0.5) is 10.2 Å². The number of anilines is 1. The molecule has 4 N–H and O–H groups in total. The molecule has 0 bridgehead atoms. The Morgan fingerprint density at radius 3 is 2.52 bits per heavy atom. The van der Waals surface area contributed by atoms with Gasteiger partial charge < -0.3 is 24.8 Å². The van der Waals surface area contributed by atoms with Crippen molar-refractivity contribution in [3.8, 4) is 18.1 Å². The minimum atomic E-state index is -4.33. The van der Waals surface area contributed by atoms with Crippen LogP contribution in [0.2, 0.25) is 0 Å². The molecular weight excluding hydrogens is 642 g/mol. The number of hydrogen-bond acceptors (Lipinski definition) is 11. The lowest BCUT2D eigenvalue weighted by atomic mass is 9.99. The number of ether oxygens (including phenoxy) is 2. The van der Waals surface area contributed by atoms with Crippen molar-refractivity contribution in [3.05, 3.63) is 42.7 Å². The summed E-state index contributed by atoms with van der Waals surface area (Å²) in [6.45, 7) is 3.33. The molecule has 5 atom stereocenters. The van der Waals surface area contributed by atoms with Gasteiger partial charge in [-0.2, -0.15) is 19.4 Å². The summed E-state index contributed by atoms with van der Waals surface area (Å²) in [5.41, 5.74) is 4.14. The first kappa shape index (κ1) is 37.2. The number of aromatic nitrogens is 4. The monoisotopic (exact) mass is 688 g/mol. The number of fused-ring (bicyclic) bond motifs is 1. The number of nitrogens with one attached hydrogen (secondary N) is 1. The molecule has 15 heteroatoms. The van der Waals surface area contributed by atoms with E-state index in [1.165, 1.54) is 56.3 Å². The second-order valence-corrected chi connectivity index (χ2v) is 13.6. The number of benzene rings is 1. The molecule has 262 valence electrons. The molecule has 1 aromatic carbocycles. The number of aliphatic hydroxyl groups is 1. The number of nitrogen functional groups attached to an aromatic ring is 1. The summed E-state index contributed by atoms with van der Waals surface area (Å²) >= 11 is 0. The minimum absolute atomic E-state index is 0.0378. The van der Waals surface area contributed by atoms with Gasteiger partial charge in [-0.25, -0.2) is 9.55 Å². The Labute approximate surface area is 280 Å². The number of terminal acetylenes is 1. The predicted octanol–water partition coefficient (Wildman–Crippen LogP) is 5.85. The topological polar surface area (TPSA) is 173 Å². The molecule has 1 saturated heterocycles. The van der Waals surface area contributed by atoms with Gasteiger partial charge in [0, 0.05) is 6.42 Å². The minimum Gasteiger partial charge on any atom is -0.465 e. The molecule has 48 heavy (non-hydrogen) atoms. The average Bonchev–Trinajstić information content (AvgIpc) is 3.64. The first-order valence-electron chi connectivity index (χ1n) is 16.5. The fourth-order valence-corrected chi connectivity index (χ4v) is 6.93. The van der Waals surface area contributed by atoms with E-state index in [4.69, 9.17) is 30.7 Å². The summed E-state index contributed by atoms with van der Waals surface area (Å²) in [7, 11) is -4.33. The Balaban J connectivity index is 1.35. The highest BCUT2D eigenvalue weighted by molar-refractivity contribution is 7.52. The van der Waals surface area contributed by atoms with Crippen molar-refractivity contribution < 1.29 is 37.4 Å². The van der Waals surface area contributed by atoms with E-state index in [9.17, 15) is 18.9 Å². The van der Waals surface area contributed by atoms with E-state index in [1.807, 2.05) is 0 Å². The van der Waals surface area contributed by atoms with E-state index in [0.29, 0.717) is 0 Å². The maximum absolute atomic E-state index is 14.1. The zero-order chi connectivity index (χ0) is 34.6. The van der Waals surface area contributed by atoms with Crippen LogP contribution in [0.5, 0.6) is 5.75 Å². The molecule has 1 fully saturated rings. The van der Waals surface area contributed by atoms with Crippen molar-refractivity contribution in [2.45, 2.75) is 108 Å². The predicted molar refractivity (Wildman–Crippen MR) is 178 cm³/mol. The molecule has 3 aromatic rings. The lowest BCUT2D eigenvalue weighted by Crippen LogP contribution is -2.43. The van der Waals surface area contributed by atoms with E-state index in [2.05, 4.69) is 32.9 Å². The van der Waals surface area contributed by atoms with Crippen molar-refractivity contribution in [2.24, 2.45) is 0 Å². The van der Waals surface area contributed by atoms with Crippen LogP contribution >= 0.6 is 7.75 Å². The van der Waals surface area contributed by atoms with Gasteiger partial charge in [0.1, 0.15) is 30.7 Å². The lowest BCUT2D eigenvalue weighted by molar-refractivity contribution is -0.145. The number of halogens is 1. The van der Waals surface area contributed by atoms with Crippen LogP contribution < -0.4 is 15.3 Å². The molecule has 1 unspecified atom stereocenters. The summed E-state index contributed by atoms with van der Waals surface area (Å²) in [6.07, 6.45) is 15.2. The number of esters is 1. The number of nitrogens with two attached hydrogens (primary N) is 1. The van der Waals surface area contributed by atoms with Crippen molar-refractivity contribution in [2.75, 3.05) is 18.9 Å². The average molecular weight is 689 g/mol. The van der Waals surface area contributed by atoms with E-state index < -0.39 is 50.4 Å². The quantitative estimate of drug-likeness (QED) is 0.0426. The third kappa shape index (κ3) is 9.96. The summed E-state index contributed by atoms with van der Waals surface area (Å²) in [5, 5.41) is 13.7. The molecule has 0 aliphatic carbocycles. The number of aliphatic hydroxyl groups excluding tert-OH is 1. The third-order valence-electron chi connectivity index (χ3n) is 8.15. The van der Waals surface area contributed by atoms with E-state index in [0.717, 1.165) is 25.7 Å². The number of hydrogen-bond donors (Lipinski definition) is 3. The maximum Gasteiger partial charge on any atom is 0.459 e. The number of carbonyl (C=O) groups excluding carboxylic acids is 1. The van der Waals surface area contributed by atoms with Crippen LogP contribution in [0.25, 0.3) is 11.2 Å². The van der Waals surface area contributed by atoms with Gasteiger partial charge in [0.2, 0.25) is 0 Å². The molecule has 0 saturated carbocycles. The number of para-hydroxylation sites is 1. The van der Waals surface area contributed by atoms with Crippen LogP contribution in [-0.4, -0.2) is 61.6 Å². The van der Waals surface area contributed by atoms with E-state index in [1.54, 1.807) is 30.3 Å². The summed E-state index contributed by atoms with van der Waals surface area (Å²) in [5.74, 6) is 1.81. The normalized spacial score (nSPS) is 21.1.